The number of carbonyl (C=O) groups is 6. The topological polar surface area (TPSA) is 304 Å². The van der Waals surface area contributed by atoms with E-state index in [1.165, 1.54) is 18.2 Å². The second-order valence-corrected chi connectivity index (χ2v) is 38.3. The number of nitrogens with one attached hydrogen (secondary N) is 6. The average Bonchev–Trinajstić information content (AvgIpc) is 1.76. The first-order valence-corrected chi connectivity index (χ1v) is 43.4. The lowest BCUT2D eigenvalue weighted by Crippen LogP contribution is -2.48. The Balaban J connectivity index is 0.000000179. The van der Waals surface area contributed by atoms with Crippen molar-refractivity contribution in [1.82, 2.24) is 54.8 Å². The third-order valence-electron chi connectivity index (χ3n) is 18.8. The second-order valence-electron chi connectivity index (χ2n) is 31.4. The molecular weight excluding hydrogens is 1530 g/mol. The second kappa shape index (κ2) is 40.4. The molecule has 25 nitrogen and oxygen atoms in total. The number of likely N-dealkylation sites (tertiary alicyclic amines) is 3. The van der Waals surface area contributed by atoms with Gasteiger partial charge in [0.15, 0.2) is 15.4 Å². The molecule has 0 spiro atoms. The number of nitrogens with zero attached hydrogens (tertiary/aromatic N) is 10. The normalized spacial score (nSPS) is 18.2. The molecule has 3 aliphatic heterocycles. The van der Waals surface area contributed by atoms with E-state index in [1.807, 2.05) is 64.7 Å². The van der Waals surface area contributed by atoms with Gasteiger partial charge in [-0.05, 0) is 133 Å². The molecule has 4 aliphatic rings. The van der Waals surface area contributed by atoms with Crippen LogP contribution in [0.5, 0.6) is 0 Å². The lowest BCUT2D eigenvalue weighted by Gasteiger charge is -2.37. The van der Waals surface area contributed by atoms with Crippen LogP contribution in [0.25, 0.3) is 0 Å². The smallest absolute Gasteiger partial charge is 0.253 e. The average molecular weight is 1640 g/mol. The Labute approximate surface area is 682 Å². The summed E-state index contributed by atoms with van der Waals surface area (Å²) in [7, 11) is 3.88. The van der Waals surface area contributed by atoms with Crippen molar-refractivity contribution in [2.75, 3.05) is 86.5 Å². The Kier molecular flexibility index (Phi) is 31.0. The number of thiazole rings is 3. The zero-order valence-corrected chi connectivity index (χ0v) is 70.8. The lowest BCUT2D eigenvalue weighted by atomic mass is 9.84. The van der Waals surface area contributed by atoms with Crippen LogP contribution in [0.2, 0.25) is 0 Å². The molecule has 2 aromatic carbocycles. The quantitative estimate of drug-likeness (QED) is 0.0217. The number of thioether (sulfide) groups is 3. The van der Waals surface area contributed by atoms with E-state index >= 15 is 0 Å². The summed E-state index contributed by atoms with van der Waals surface area (Å²) in [4.78, 5) is 109. The van der Waals surface area contributed by atoms with E-state index in [4.69, 9.17) is 13.3 Å². The van der Waals surface area contributed by atoms with Crippen LogP contribution in [0.4, 0.5) is 26.8 Å². The summed E-state index contributed by atoms with van der Waals surface area (Å²) in [5, 5.41) is 21.6. The van der Waals surface area contributed by atoms with Crippen molar-refractivity contribution in [3.05, 3.63) is 169 Å². The molecule has 0 radical (unpaired) electrons. The molecule has 6 N–H and O–H groups in total. The number of anilines is 5. The third-order valence-corrected chi connectivity index (χ3v) is 25.1. The van der Waals surface area contributed by atoms with Crippen LogP contribution in [-0.2, 0) is 52.7 Å². The largest absolute Gasteiger partial charge is 0.444 e. The highest BCUT2D eigenvalue weighted by Crippen LogP contribution is 2.37. The molecule has 6 amide bonds. The SMILES string of the molecule is C=CC(=O)NC1CCC(C(=O)N2CCC[C@@H](Nc3ncc(SCc4ncc(C(C)(C)C)o4)s3)C2)CC1.C=CC(=O)Nc1ccc(C(=O)N2CCC[C@@H](Nc3ncc(SCc4ncc(C(C)(C)C)o4)s3)C2)cc1.CN(C)C/C=C/C(=O)Nc1cccc(C(=O)N2CCCC(Nc3ncc(SCc4ncc(C(C)(C)C)o4)s3)C2)c1. The number of likely N-dealkylation sites (N-methyl/N-ethyl adjacent to an activating group) is 1. The van der Waals surface area contributed by atoms with Crippen molar-refractivity contribution >= 4 is 132 Å². The maximum absolute atomic E-state index is 13.3. The number of rotatable bonds is 26. The van der Waals surface area contributed by atoms with Gasteiger partial charge in [-0.25, -0.2) is 29.9 Å². The third kappa shape index (κ3) is 26.5. The Bertz CT molecular complexity index is 4470. The number of oxazole rings is 3. The van der Waals surface area contributed by atoms with Gasteiger partial charge in [-0.15, -0.1) is 35.3 Å². The number of hydrogen-bond donors (Lipinski definition) is 6. The fourth-order valence-electron chi connectivity index (χ4n) is 12.7. The molecule has 112 heavy (non-hydrogen) atoms. The van der Waals surface area contributed by atoms with E-state index in [1.54, 1.807) is 130 Å². The first-order chi connectivity index (χ1) is 53.5. The van der Waals surface area contributed by atoms with Crippen LogP contribution in [0.15, 0.2) is 149 Å². The molecule has 600 valence electrons. The maximum Gasteiger partial charge on any atom is 0.253 e. The van der Waals surface area contributed by atoms with Gasteiger partial charge in [-0.2, -0.15) is 0 Å². The van der Waals surface area contributed by atoms with Gasteiger partial charge >= 0.3 is 0 Å². The molecule has 3 saturated heterocycles. The van der Waals surface area contributed by atoms with Crippen molar-refractivity contribution in [2.45, 2.75) is 197 Å². The van der Waals surface area contributed by atoms with E-state index < -0.39 is 0 Å². The van der Waals surface area contributed by atoms with Gasteiger partial charge in [0.1, 0.15) is 17.3 Å². The molecule has 12 rings (SSSR count). The molecule has 1 aliphatic carbocycles. The molecule has 8 aromatic rings. The van der Waals surface area contributed by atoms with Crippen molar-refractivity contribution in [1.29, 1.82) is 0 Å². The molecule has 4 fully saturated rings. The first-order valence-electron chi connectivity index (χ1n) is 38.0. The molecule has 1 saturated carbocycles. The molecule has 1 unspecified atom stereocenters. The van der Waals surface area contributed by atoms with Crippen molar-refractivity contribution in [3.63, 3.8) is 0 Å². The summed E-state index contributed by atoms with van der Waals surface area (Å²) in [5.41, 5.74) is 2.23. The lowest BCUT2D eigenvalue weighted by molar-refractivity contribution is -0.137. The predicted octanol–water partition coefficient (Wildman–Crippen LogP) is 16.0. The van der Waals surface area contributed by atoms with Crippen LogP contribution >= 0.6 is 69.3 Å². The van der Waals surface area contributed by atoms with Crippen LogP contribution in [-0.4, -0.2) is 169 Å². The van der Waals surface area contributed by atoms with Crippen LogP contribution in [0.3, 0.4) is 0 Å². The minimum absolute atomic E-state index is 0.0148. The van der Waals surface area contributed by atoms with Gasteiger partial charge in [-0.3, -0.25) is 28.8 Å². The highest BCUT2D eigenvalue weighted by Gasteiger charge is 2.34. The number of amides is 6. The number of aromatic nitrogens is 6. The van der Waals surface area contributed by atoms with E-state index in [0.717, 1.165) is 128 Å². The van der Waals surface area contributed by atoms with Gasteiger partial charge in [-0.1, -0.05) is 122 Å². The summed E-state index contributed by atoms with van der Waals surface area (Å²) in [6.45, 7) is 30.8. The molecule has 6 aromatic heterocycles. The van der Waals surface area contributed by atoms with Crippen LogP contribution in [0, 0.1) is 5.92 Å². The number of carbonyl (C=O) groups excluding carboxylic acids is 6. The highest BCUT2D eigenvalue weighted by molar-refractivity contribution is 8.01. The fraction of sp³-hybridized carbons (Fsp3) is 0.481. The molecule has 31 heteroatoms. The van der Waals surface area contributed by atoms with E-state index in [9.17, 15) is 28.8 Å². The van der Waals surface area contributed by atoms with E-state index in [0.29, 0.717) is 84.3 Å². The highest BCUT2D eigenvalue weighted by atomic mass is 32.2. The Hall–Kier alpha value is -8.59. The van der Waals surface area contributed by atoms with E-state index in [2.05, 4.69) is 137 Å². The minimum Gasteiger partial charge on any atom is -0.444 e. The minimum atomic E-state index is -0.282. The van der Waals surface area contributed by atoms with Crippen LogP contribution < -0.4 is 31.9 Å². The molecular formula is C81H106N16O9S6. The molecule has 0 bridgehead atoms. The van der Waals surface area contributed by atoms with Crippen molar-refractivity contribution in [2.24, 2.45) is 5.92 Å². The van der Waals surface area contributed by atoms with Crippen molar-refractivity contribution in [3.8, 4) is 0 Å². The Morgan fingerprint density at radius 1 is 0.500 bits per heavy atom. The predicted molar refractivity (Wildman–Crippen MR) is 451 cm³/mol. The van der Waals surface area contributed by atoms with E-state index in [-0.39, 0.29) is 81.8 Å². The zero-order chi connectivity index (χ0) is 80.1. The van der Waals surface area contributed by atoms with Gasteiger partial charge in [0.25, 0.3) is 11.8 Å². The fourth-order valence-corrected chi connectivity index (χ4v) is 18.1. The summed E-state index contributed by atoms with van der Waals surface area (Å²) in [6, 6.07) is 14.7. The van der Waals surface area contributed by atoms with Gasteiger partial charge in [0, 0.05) is 121 Å². The van der Waals surface area contributed by atoms with Crippen LogP contribution in [0.1, 0.15) is 182 Å². The Morgan fingerprint density at radius 2 is 0.920 bits per heavy atom. The molecule has 3 atom stereocenters. The monoisotopic (exact) mass is 1640 g/mol. The molecule has 9 heterocycles. The number of piperidine rings is 3. The zero-order valence-electron chi connectivity index (χ0n) is 65.9. The van der Waals surface area contributed by atoms with Crippen molar-refractivity contribution < 1.29 is 42.0 Å². The first kappa shape index (κ1) is 85.8. The summed E-state index contributed by atoms with van der Waals surface area (Å²) in [6.07, 6.45) is 26.0. The Morgan fingerprint density at radius 3 is 1.34 bits per heavy atom. The van der Waals surface area contributed by atoms with Gasteiger partial charge in [0.05, 0.1) is 67.1 Å². The van der Waals surface area contributed by atoms with Gasteiger partial charge < -0.3 is 64.8 Å². The summed E-state index contributed by atoms with van der Waals surface area (Å²) in [5.74, 6) is 6.41. The summed E-state index contributed by atoms with van der Waals surface area (Å²) < 4.78 is 20.9. The number of hydrogen-bond acceptors (Lipinski definition) is 25. The number of benzene rings is 2. The summed E-state index contributed by atoms with van der Waals surface area (Å²) >= 11 is 9.80. The van der Waals surface area contributed by atoms with Gasteiger partial charge in [0.2, 0.25) is 41.3 Å². The maximum atomic E-state index is 13.3. The standard InChI is InChI=1S/C29H38N6O3S2.C26H37N5O3S2.C26H31N5O3S2/c1-29(2,3)23-16-30-25(38-23)19-39-26-17-31-28(40-26)33-22-11-7-14-35(18-22)27(37)20-9-6-10-21(15-20)32-24(36)12-8-13-34(4)5;2*1-5-21(32)29-18-10-8-17(9-11-18)24(33)31-12-6-7-19(15-31)30-25-28-14-23(36-25)35-16-22-27-13-20(34-22)26(2,3)4/h6,8-10,12,15-17,22H,7,11,13-14,18-19H2,1-5H3,(H,31,33)(H,32,36);5,13-14,17-19H,1,6-12,15-16H2,2-4H3,(H,28,30)(H,29,32);5,8-11,13-14,19H,1,6-7,12,15-16H2,2-4H3,(H,28,30)(H,29,32)/b12-8+;;/t;17?,18?,19-;19-/m.11/s1.